The number of esters is 1. The zero-order valence-electron chi connectivity index (χ0n) is 10.3. The van der Waals surface area contributed by atoms with Gasteiger partial charge in [-0.2, -0.15) is 0 Å². The van der Waals surface area contributed by atoms with Gasteiger partial charge in [-0.25, -0.2) is 0 Å². The van der Waals surface area contributed by atoms with Crippen molar-refractivity contribution < 1.29 is 13.7 Å². The maximum atomic E-state index is 12.1. The molecule has 15 heavy (non-hydrogen) atoms. The molecule has 0 spiro atoms. The van der Waals surface area contributed by atoms with E-state index in [4.69, 9.17) is 4.74 Å². The third-order valence-corrected chi connectivity index (χ3v) is 4.11. The standard InChI is InChI=1S/C11H22O3S/c1-6-8-9(10(12)14-7-2)15(13)11(3,4)5/h9H,6-8H2,1-5H3. The van der Waals surface area contributed by atoms with Gasteiger partial charge >= 0.3 is 5.97 Å². The van der Waals surface area contributed by atoms with Gasteiger partial charge in [0.2, 0.25) is 0 Å². The predicted octanol–water partition coefficient (Wildman–Crippen LogP) is 2.27. The Hall–Kier alpha value is -0.380. The van der Waals surface area contributed by atoms with E-state index in [0.717, 1.165) is 6.42 Å². The molecule has 0 bridgehead atoms. The molecule has 0 aliphatic heterocycles. The molecule has 4 heteroatoms. The number of carbonyl (C=O) groups is 1. The average Bonchev–Trinajstić information content (AvgIpc) is 2.12. The first-order valence-electron chi connectivity index (χ1n) is 5.41. The van der Waals surface area contributed by atoms with Crippen molar-refractivity contribution in [1.82, 2.24) is 0 Å². The summed E-state index contributed by atoms with van der Waals surface area (Å²) < 4.78 is 16.7. The van der Waals surface area contributed by atoms with Crippen molar-refractivity contribution in [3.05, 3.63) is 0 Å². The predicted molar refractivity (Wildman–Crippen MR) is 63.2 cm³/mol. The molecule has 0 fully saturated rings. The van der Waals surface area contributed by atoms with Crippen molar-refractivity contribution in [3.8, 4) is 0 Å². The molecule has 0 aromatic carbocycles. The van der Waals surface area contributed by atoms with Gasteiger partial charge in [0.15, 0.2) is 0 Å². The number of carbonyl (C=O) groups excluding carboxylic acids is 1. The van der Waals surface area contributed by atoms with E-state index in [0.29, 0.717) is 13.0 Å². The van der Waals surface area contributed by atoms with Crippen LogP contribution in [0.2, 0.25) is 0 Å². The van der Waals surface area contributed by atoms with Crippen LogP contribution in [0.4, 0.5) is 0 Å². The summed E-state index contributed by atoms with van der Waals surface area (Å²) in [7, 11) is -1.18. The number of hydrogen-bond acceptors (Lipinski definition) is 3. The minimum absolute atomic E-state index is 0.326. The second-order valence-corrected chi connectivity index (χ2v) is 6.83. The van der Waals surface area contributed by atoms with Crippen molar-refractivity contribution in [2.75, 3.05) is 6.61 Å². The molecular formula is C11H22O3S. The lowest BCUT2D eigenvalue weighted by Crippen LogP contribution is -2.37. The van der Waals surface area contributed by atoms with Gasteiger partial charge in [-0.15, -0.1) is 0 Å². The van der Waals surface area contributed by atoms with Crippen LogP contribution >= 0.6 is 0 Å². The van der Waals surface area contributed by atoms with Crippen LogP contribution in [0.3, 0.4) is 0 Å². The lowest BCUT2D eigenvalue weighted by atomic mass is 10.2. The average molecular weight is 234 g/mol. The summed E-state index contributed by atoms with van der Waals surface area (Å²) in [4.78, 5) is 11.6. The number of rotatable bonds is 5. The van der Waals surface area contributed by atoms with Gasteiger partial charge in [0.05, 0.1) is 6.61 Å². The highest BCUT2D eigenvalue weighted by atomic mass is 32.2. The van der Waals surface area contributed by atoms with Crippen LogP contribution in [-0.2, 0) is 20.3 Å². The van der Waals surface area contributed by atoms with Crippen molar-refractivity contribution in [2.24, 2.45) is 0 Å². The zero-order chi connectivity index (χ0) is 12.1. The molecule has 0 radical (unpaired) electrons. The molecule has 90 valence electrons. The van der Waals surface area contributed by atoms with Gasteiger partial charge in [-0.3, -0.25) is 9.00 Å². The summed E-state index contributed by atoms with van der Waals surface area (Å²) in [6.45, 7) is 9.73. The molecule has 0 N–H and O–H groups in total. The first kappa shape index (κ1) is 14.6. The van der Waals surface area contributed by atoms with Gasteiger partial charge in [0.25, 0.3) is 0 Å². The summed E-state index contributed by atoms with van der Waals surface area (Å²) in [6, 6.07) is 0. The Labute approximate surface area is 95.0 Å². The number of hydrogen-bond donors (Lipinski definition) is 0. The molecule has 0 rings (SSSR count). The molecule has 0 heterocycles. The number of ether oxygens (including phenoxy) is 1. The van der Waals surface area contributed by atoms with E-state index in [-0.39, 0.29) is 10.7 Å². The summed E-state index contributed by atoms with van der Waals surface area (Å²) in [5.74, 6) is -0.326. The summed E-state index contributed by atoms with van der Waals surface area (Å²) in [5.41, 5.74) is 0. The maximum absolute atomic E-state index is 12.1. The zero-order valence-corrected chi connectivity index (χ0v) is 11.1. The highest BCUT2D eigenvalue weighted by Gasteiger charge is 2.33. The van der Waals surface area contributed by atoms with Crippen molar-refractivity contribution >= 4 is 16.8 Å². The first-order chi connectivity index (χ1) is 6.84. The highest BCUT2D eigenvalue weighted by molar-refractivity contribution is 7.87. The van der Waals surface area contributed by atoms with E-state index in [9.17, 15) is 9.00 Å². The van der Waals surface area contributed by atoms with E-state index in [1.165, 1.54) is 0 Å². The molecule has 3 nitrogen and oxygen atoms in total. The minimum atomic E-state index is -1.18. The molecule has 0 amide bonds. The molecule has 2 unspecified atom stereocenters. The van der Waals surface area contributed by atoms with Gasteiger partial charge < -0.3 is 4.74 Å². The van der Waals surface area contributed by atoms with Crippen LogP contribution in [0.1, 0.15) is 47.5 Å². The third-order valence-electron chi connectivity index (χ3n) is 1.96. The first-order valence-corrected chi connectivity index (χ1v) is 6.63. The van der Waals surface area contributed by atoms with Gasteiger partial charge in [-0.1, -0.05) is 13.3 Å². The topological polar surface area (TPSA) is 43.4 Å². The quantitative estimate of drug-likeness (QED) is 0.685. The summed E-state index contributed by atoms with van der Waals surface area (Å²) in [6.07, 6.45) is 1.47. The van der Waals surface area contributed by atoms with E-state index in [1.54, 1.807) is 6.92 Å². The monoisotopic (exact) mass is 234 g/mol. The van der Waals surface area contributed by atoms with Crippen LogP contribution in [0.5, 0.6) is 0 Å². The van der Waals surface area contributed by atoms with E-state index in [2.05, 4.69) is 0 Å². The summed E-state index contributed by atoms with van der Waals surface area (Å²) >= 11 is 0. The van der Waals surface area contributed by atoms with E-state index in [1.807, 2.05) is 27.7 Å². The third kappa shape index (κ3) is 4.78. The Kier molecular flexibility index (Phi) is 6.10. The van der Waals surface area contributed by atoms with Crippen molar-refractivity contribution in [3.63, 3.8) is 0 Å². The van der Waals surface area contributed by atoms with Gasteiger partial charge in [-0.05, 0) is 34.1 Å². The Morgan fingerprint density at radius 2 is 1.87 bits per heavy atom. The fraction of sp³-hybridized carbons (Fsp3) is 0.909. The SMILES string of the molecule is CCCC(C(=O)OCC)S(=O)C(C)(C)C. The second kappa shape index (κ2) is 6.26. The van der Waals surface area contributed by atoms with Crippen LogP contribution in [-0.4, -0.2) is 26.8 Å². The molecule has 2 atom stereocenters. The summed E-state index contributed by atoms with van der Waals surface area (Å²) in [5, 5.41) is -0.477. The molecular weight excluding hydrogens is 212 g/mol. The van der Waals surface area contributed by atoms with Crippen molar-refractivity contribution in [2.45, 2.75) is 57.5 Å². The smallest absolute Gasteiger partial charge is 0.321 e. The molecule has 0 aromatic rings. The van der Waals surface area contributed by atoms with Gasteiger partial charge in [0.1, 0.15) is 5.25 Å². The normalized spacial score (nSPS) is 15.8. The second-order valence-electron chi connectivity index (χ2n) is 4.44. The molecule has 0 aliphatic carbocycles. The van der Waals surface area contributed by atoms with E-state index >= 15 is 0 Å². The molecule has 0 saturated carbocycles. The van der Waals surface area contributed by atoms with Crippen LogP contribution in [0.25, 0.3) is 0 Å². The molecule has 0 aromatic heterocycles. The minimum Gasteiger partial charge on any atom is -0.465 e. The lowest BCUT2D eigenvalue weighted by molar-refractivity contribution is -0.142. The molecule has 0 aliphatic rings. The van der Waals surface area contributed by atoms with Gasteiger partial charge in [0, 0.05) is 15.5 Å². The maximum Gasteiger partial charge on any atom is 0.321 e. The van der Waals surface area contributed by atoms with Crippen LogP contribution in [0.15, 0.2) is 0 Å². The Morgan fingerprint density at radius 1 is 1.33 bits per heavy atom. The Balaban J connectivity index is 4.66. The Bertz CT molecular complexity index is 230. The highest BCUT2D eigenvalue weighted by Crippen LogP contribution is 2.20. The largest absolute Gasteiger partial charge is 0.465 e. The van der Waals surface area contributed by atoms with Crippen LogP contribution < -0.4 is 0 Å². The fourth-order valence-electron chi connectivity index (χ4n) is 1.24. The van der Waals surface area contributed by atoms with E-state index < -0.39 is 16.0 Å². The lowest BCUT2D eigenvalue weighted by Gasteiger charge is -2.24. The molecule has 0 saturated heterocycles. The Morgan fingerprint density at radius 3 is 2.20 bits per heavy atom. The van der Waals surface area contributed by atoms with Crippen LogP contribution in [0, 0.1) is 0 Å². The van der Waals surface area contributed by atoms with Crippen molar-refractivity contribution in [1.29, 1.82) is 0 Å². The fourth-order valence-corrected chi connectivity index (χ4v) is 2.78.